The molecular weight excluding hydrogens is 266 g/mol. The first kappa shape index (κ1) is 14.2. The van der Waals surface area contributed by atoms with Crippen LogP contribution >= 0.6 is 0 Å². The molecule has 0 aliphatic heterocycles. The fourth-order valence-electron chi connectivity index (χ4n) is 3.34. The normalized spacial score (nSPS) is 17.6. The Morgan fingerprint density at radius 2 is 1.71 bits per heavy atom. The standard InChI is InChI=1S/C19H20F2/c1-2-3-13-4-5-15-11-16(7-6-14(15)10-13)17-8-9-18(20)19(21)12-17/h6-9,11-13H,2-5,10H2,1H3. The molecule has 0 heterocycles. The van der Waals surface area contributed by atoms with E-state index in [0.717, 1.165) is 29.9 Å². The van der Waals surface area contributed by atoms with Crippen LogP contribution in [-0.2, 0) is 12.8 Å². The minimum atomic E-state index is -0.792. The molecule has 2 heteroatoms. The predicted octanol–water partition coefficient (Wildman–Crippen LogP) is 5.54. The number of aryl methyl sites for hydroxylation is 1. The van der Waals surface area contributed by atoms with Crippen LogP contribution in [0.15, 0.2) is 36.4 Å². The molecule has 110 valence electrons. The highest BCUT2D eigenvalue weighted by atomic mass is 19.2. The Kier molecular flexibility index (Phi) is 4.05. The molecule has 0 radical (unpaired) electrons. The van der Waals surface area contributed by atoms with E-state index < -0.39 is 11.6 Å². The summed E-state index contributed by atoms with van der Waals surface area (Å²) in [4.78, 5) is 0. The molecular formula is C19H20F2. The molecule has 1 aliphatic rings. The van der Waals surface area contributed by atoms with Gasteiger partial charge in [-0.05, 0) is 59.6 Å². The van der Waals surface area contributed by atoms with Crippen molar-refractivity contribution in [1.29, 1.82) is 0 Å². The zero-order valence-corrected chi connectivity index (χ0v) is 12.3. The SMILES string of the molecule is CCCC1CCc2cc(-c3ccc(F)c(F)c3)ccc2C1. The van der Waals surface area contributed by atoms with E-state index in [0.29, 0.717) is 0 Å². The van der Waals surface area contributed by atoms with Crippen LogP contribution in [0.1, 0.15) is 37.3 Å². The highest BCUT2D eigenvalue weighted by molar-refractivity contribution is 5.65. The van der Waals surface area contributed by atoms with Gasteiger partial charge in [0.25, 0.3) is 0 Å². The van der Waals surface area contributed by atoms with E-state index in [1.54, 1.807) is 6.07 Å². The Morgan fingerprint density at radius 1 is 0.952 bits per heavy atom. The fraction of sp³-hybridized carbons (Fsp3) is 0.368. The lowest BCUT2D eigenvalue weighted by Gasteiger charge is -2.24. The molecule has 0 N–H and O–H groups in total. The second kappa shape index (κ2) is 5.97. The largest absolute Gasteiger partial charge is 0.204 e. The zero-order valence-electron chi connectivity index (χ0n) is 12.3. The van der Waals surface area contributed by atoms with E-state index in [-0.39, 0.29) is 0 Å². The van der Waals surface area contributed by atoms with Gasteiger partial charge in [0.1, 0.15) is 0 Å². The highest BCUT2D eigenvalue weighted by Crippen LogP contribution is 2.32. The first-order valence-electron chi connectivity index (χ1n) is 7.74. The maximum Gasteiger partial charge on any atom is 0.159 e. The van der Waals surface area contributed by atoms with Crippen molar-refractivity contribution < 1.29 is 8.78 Å². The molecule has 0 fully saturated rings. The summed E-state index contributed by atoms with van der Waals surface area (Å²) in [6.07, 6.45) is 6.03. The first-order chi connectivity index (χ1) is 10.2. The van der Waals surface area contributed by atoms with E-state index in [1.165, 1.54) is 42.5 Å². The minimum absolute atomic E-state index is 0.743. The molecule has 2 aromatic carbocycles. The summed E-state index contributed by atoms with van der Waals surface area (Å²) in [6, 6.07) is 10.4. The van der Waals surface area contributed by atoms with Crippen LogP contribution in [0.25, 0.3) is 11.1 Å². The van der Waals surface area contributed by atoms with Gasteiger partial charge in [-0.1, -0.05) is 44.0 Å². The van der Waals surface area contributed by atoms with Gasteiger partial charge in [0.15, 0.2) is 11.6 Å². The van der Waals surface area contributed by atoms with Crippen LogP contribution in [-0.4, -0.2) is 0 Å². The Morgan fingerprint density at radius 3 is 2.48 bits per heavy atom. The van der Waals surface area contributed by atoms with Crippen molar-refractivity contribution in [2.45, 2.75) is 39.0 Å². The van der Waals surface area contributed by atoms with Gasteiger partial charge in [0.05, 0.1) is 0 Å². The number of rotatable bonds is 3. The van der Waals surface area contributed by atoms with Crippen LogP contribution in [0.3, 0.4) is 0 Å². The third-order valence-electron chi connectivity index (χ3n) is 4.49. The number of halogens is 2. The van der Waals surface area contributed by atoms with Gasteiger partial charge in [-0.25, -0.2) is 8.78 Å². The summed E-state index contributed by atoms with van der Waals surface area (Å²) in [5.41, 5.74) is 4.50. The molecule has 0 saturated heterocycles. The number of benzene rings is 2. The second-order valence-electron chi connectivity index (χ2n) is 6.01. The molecule has 0 amide bonds. The summed E-state index contributed by atoms with van der Waals surface area (Å²) in [5, 5.41) is 0. The molecule has 1 unspecified atom stereocenters. The molecule has 1 aliphatic carbocycles. The van der Waals surface area contributed by atoms with Gasteiger partial charge in [-0.2, -0.15) is 0 Å². The molecule has 0 aromatic heterocycles. The Hall–Kier alpha value is -1.70. The van der Waals surface area contributed by atoms with Crippen LogP contribution in [0.4, 0.5) is 8.78 Å². The van der Waals surface area contributed by atoms with E-state index >= 15 is 0 Å². The number of fused-ring (bicyclic) bond motifs is 1. The fourth-order valence-corrected chi connectivity index (χ4v) is 3.34. The van der Waals surface area contributed by atoms with Gasteiger partial charge in [-0.15, -0.1) is 0 Å². The topological polar surface area (TPSA) is 0 Å². The summed E-state index contributed by atoms with van der Waals surface area (Å²) >= 11 is 0. The summed E-state index contributed by atoms with van der Waals surface area (Å²) in [7, 11) is 0. The Balaban J connectivity index is 1.88. The Bertz CT molecular complexity index is 646. The third kappa shape index (κ3) is 2.99. The lowest BCUT2D eigenvalue weighted by Crippen LogP contribution is -2.14. The van der Waals surface area contributed by atoms with E-state index in [1.807, 2.05) is 6.07 Å². The average Bonchev–Trinajstić information content (AvgIpc) is 2.50. The van der Waals surface area contributed by atoms with Crippen molar-refractivity contribution >= 4 is 0 Å². The van der Waals surface area contributed by atoms with E-state index in [9.17, 15) is 8.78 Å². The summed E-state index contributed by atoms with van der Waals surface area (Å²) < 4.78 is 26.4. The quantitative estimate of drug-likeness (QED) is 0.695. The predicted molar refractivity (Wildman–Crippen MR) is 82.2 cm³/mol. The van der Waals surface area contributed by atoms with E-state index in [4.69, 9.17) is 0 Å². The molecule has 0 spiro atoms. The van der Waals surface area contributed by atoms with Crippen molar-refractivity contribution in [3.05, 3.63) is 59.2 Å². The maximum atomic E-state index is 13.4. The van der Waals surface area contributed by atoms with Gasteiger partial charge >= 0.3 is 0 Å². The molecule has 2 aromatic rings. The second-order valence-corrected chi connectivity index (χ2v) is 6.01. The minimum Gasteiger partial charge on any atom is -0.204 e. The van der Waals surface area contributed by atoms with Crippen LogP contribution in [0.5, 0.6) is 0 Å². The molecule has 3 rings (SSSR count). The van der Waals surface area contributed by atoms with Crippen LogP contribution in [0, 0.1) is 17.6 Å². The lowest BCUT2D eigenvalue weighted by atomic mass is 9.81. The molecule has 0 nitrogen and oxygen atoms in total. The highest BCUT2D eigenvalue weighted by Gasteiger charge is 2.18. The average molecular weight is 286 g/mol. The molecule has 0 bridgehead atoms. The van der Waals surface area contributed by atoms with Crippen molar-refractivity contribution in [2.24, 2.45) is 5.92 Å². The maximum absolute atomic E-state index is 13.4. The van der Waals surface area contributed by atoms with Crippen molar-refractivity contribution in [1.82, 2.24) is 0 Å². The van der Waals surface area contributed by atoms with Gasteiger partial charge in [0.2, 0.25) is 0 Å². The molecule has 21 heavy (non-hydrogen) atoms. The van der Waals surface area contributed by atoms with Crippen molar-refractivity contribution in [3.8, 4) is 11.1 Å². The number of hydrogen-bond acceptors (Lipinski definition) is 0. The molecule has 0 saturated carbocycles. The van der Waals surface area contributed by atoms with Crippen molar-refractivity contribution in [3.63, 3.8) is 0 Å². The lowest BCUT2D eigenvalue weighted by molar-refractivity contribution is 0.423. The summed E-state index contributed by atoms with van der Waals surface area (Å²) in [6.45, 7) is 2.24. The summed E-state index contributed by atoms with van der Waals surface area (Å²) in [5.74, 6) is -0.774. The molecule has 1 atom stereocenters. The first-order valence-corrected chi connectivity index (χ1v) is 7.74. The third-order valence-corrected chi connectivity index (χ3v) is 4.49. The Labute approximate surface area is 124 Å². The van der Waals surface area contributed by atoms with Gasteiger partial charge in [-0.3, -0.25) is 0 Å². The van der Waals surface area contributed by atoms with Crippen LogP contribution in [0.2, 0.25) is 0 Å². The zero-order chi connectivity index (χ0) is 14.8. The number of hydrogen-bond donors (Lipinski definition) is 0. The van der Waals surface area contributed by atoms with Crippen molar-refractivity contribution in [2.75, 3.05) is 0 Å². The van der Waals surface area contributed by atoms with E-state index in [2.05, 4.69) is 19.1 Å². The van der Waals surface area contributed by atoms with Crippen LogP contribution < -0.4 is 0 Å². The van der Waals surface area contributed by atoms with Gasteiger partial charge in [0, 0.05) is 0 Å². The smallest absolute Gasteiger partial charge is 0.159 e. The van der Waals surface area contributed by atoms with Gasteiger partial charge < -0.3 is 0 Å². The monoisotopic (exact) mass is 286 g/mol.